The summed E-state index contributed by atoms with van der Waals surface area (Å²) in [5.41, 5.74) is 0.0267. The van der Waals surface area contributed by atoms with E-state index in [0.29, 0.717) is 6.54 Å². The van der Waals surface area contributed by atoms with Crippen LogP contribution in [0, 0.1) is 0 Å². The van der Waals surface area contributed by atoms with Gasteiger partial charge in [0, 0.05) is 32.4 Å². The van der Waals surface area contributed by atoms with Gasteiger partial charge in [-0.3, -0.25) is 0 Å². The van der Waals surface area contributed by atoms with Crippen LogP contribution < -0.4 is 9.80 Å². The molecular weight excluding hydrogens is 292 g/mol. The van der Waals surface area contributed by atoms with E-state index in [0.717, 1.165) is 63.7 Å². The normalized spacial score (nSPS) is 27.6. The lowest BCUT2D eigenvalue weighted by Crippen LogP contribution is -2.51. The van der Waals surface area contributed by atoms with Gasteiger partial charge in [0.1, 0.15) is 5.82 Å². The van der Waals surface area contributed by atoms with Crippen LogP contribution in [0.3, 0.4) is 0 Å². The van der Waals surface area contributed by atoms with E-state index in [-0.39, 0.29) is 11.7 Å². The minimum Gasteiger partial charge on any atom is -0.391 e. The second-order valence-electron chi connectivity index (χ2n) is 7.12. The molecule has 0 amide bonds. The van der Waals surface area contributed by atoms with Crippen LogP contribution in [-0.2, 0) is 4.74 Å². The maximum atomic E-state index is 9.89. The molecule has 0 aromatic carbocycles. The quantitative estimate of drug-likeness (QED) is 0.893. The van der Waals surface area contributed by atoms with E-state index in [9.17, 15) is 5.11 Å². The van der Waals surface area contributed by atoms with Gasteiger partial charge in [-0.15, -0.1) is 0 Å². The predicted molar refractivity (Wildman–Crippen MR) is 88.8 cm³/mol. The van der Waals surface area contributed by atoms with Crippen LogP contribution >= 0.6 is 0 Å². The summed E-state index contributed by atoms with van der Waals surface area (Å²) in [4.78, 5) is 13.7. The van der Waals surface area contributed by atoms with E-state index in [1.54, 1.807) is 0 Å². The monoisotopic (exact) mass is 318 g/mol. The van der Waals surface area contributed by atoms with Gasteiger partial charge in [-0.25, -0.2) is 4.98 Å². The highest BCUT2D eigenvalue weighted by Crippen LogP contribution is 2.36. The van der Waals surface area contributed by atoms with Crippen molar-refractivity contribution in [3.63, 3.8) is 0 Å². The lowest BCUT2D eigenvalue weighted by molar-refractivity contribution is -0.0505. The first kappa shape index (κ1) is 15.1. The molecule has 1 aliphatic carbocycles. The van der Waals surface area contributed by atoms with Gasteiger partial charge in [-0.05, 0) is 31.7 Å². The lowest BCUT2D eigenvalue weighted by Gasteiger charge is -2.40. The van der Waals surface area contributed by atoms with Crippen LogP contribution in [0.25, 0.3) is 0 Å². The molecular formula is C17H26N4O2. The number of aromatic nitrogens is 2. The zero-order chi connectivity index (χ0) is 15.7. The first-order chi connectivity index (χ1) is 11.2. The molecule has 2 saturated heterocycles. The SMILES string of the molecule is O[C@@H]1CCCN(c2ccnc(N3CCOC4(CCCC4)C3)n2)C1. The van der Waals surface area contributed by atoms with E-state index in [1.807, 2.05) is 12.3 Å². The number of nitrogens with zero attached hydrogens (tertiary/aromatic N) is 4. The Bertz CT molecular complexity index is 547. The molecule has 0 bridgehead atoms. The van der Waals surface area contributed by atoms with Crippen LogP contribution in [0.4, 0.5) is 11.8 Å². The van der Waals surface area contributed by atoms with Crippen molar-refractivity contribution in [3.05, 3.63) is 12.3 Å². The smallest absolute Gasteiger partial charge is 0.227 e. The third kappa shape index (κ3) is 3.15. The fourth-order valence-electron chi connectivity index (χ4n) is 4.17. The van der Waals surface area contributed by atoms with Crippen LogP contribution in [-0.4, -0.2) is 59.6 Å². The summed E-state index contributed by atoms with van der Waals surface area (Å²) in [5.74, 6) is 1.73. The molecule has 3 aliphatic rings. The second-order valence-corrected chi connectivity index (χ2v) is 7.12. The maximum Gasteiger partial charge on any atom is 0.227 e. The average molecular weight is 318 g/mol. The van der Waals surface area contributed by atoms with Gasteiger partial charge in [0.15, 0.2) is 0 Å². The number of hydrogen-bond donors (Lipinski definition) is 1. The number of hydrogen-bond acceptors (Lipinski definition) is 6. The molecule has 0 unspecified atom stereocenters. The molecule has 4 rings (SSSR count). The fraction of sp³-hybridized carbons (Fsp3) is 0.765. The summed E-state index contributed by atoms with van der Waals surface area (Å²) in [7, 11) is 0. The van der Waals surface area contributed by atoms with E-state index < -0.39 is 0 Å². The average Bonchev–Trinajstić information content (AvgIpc) is 3.03. The summed E-state index contributed by atoms with van der Waals surface area (Å²) in [6.07, 6.45) is 8.34. The zero-order valence-electron chi connectivity index (χ0n) is 13.7. The van der Waals surface area contributed by atoms with Crippen molar-refractivity contribution >= 4 is 11.8 Å². The maximum absolute atomic E-state index is 9.89. The van der Waals surface area contributed by atoms with E-state index in [1.165, 1.54) is 12.8 Å². The summed E-state index contributed by atoms with van der Waals surface area (Å²) >= 11 is 0. The second kappa shape index (κ2) is 6.24. The fourth-order valence-corrected chi connectivity index (χ4v) is 4.17. The Kier molecular flexibility index (Phi) is 4.11. The summed E-state index contributed by atoms with van der Waals surface area (Å²) < 4.78 is 6.10. The number of piperidine rings is 1. The summed E-state index contributed by atoms with van der Waals surface area (Å²) in [6.45, 7) is 4.15. The van der Waals surface area contributed by atoms with Gasteiger partial charge < -0.3 is 19.6 Å². The number of morpholine rings is 1. The van der Waals surface area contributed by atoms with Crippen LogP contribution in [0.1, 0.15) is 38.5 Å². The number of anilines is 2. The Hall–Kier alpha value is -1.40. The Balaban J connectivity index is 1.51. The number of aliphatic hydroxyl groups is 1. The molecule has 1 atom stereocenters. The summed E-state index contributed by atoms with van der Waals surface area (Å²) in [6, 6.07) is 1.95. The van der Waals surface area contributed by atoms with Crippen LogP contribution in [0.15, 0.2) is 12.3 Å². The van der Waals surface area contributed by atoms with E-state index in [2.05, 4.69) is 14.8 Å². The molecule has 6 heteroatoms. The number of ether oxygens (including phenoxy) is 1. The summed E-state index contributed by atoms with van der Waals surface area (Å²) in [5, 5.41) is 9.89. The van der Waals surface area contributed by atoms with Crippen molar-refractivity contribution in [2.24, 2.45) is 0 Å². The van der Waals surface area contributed by atoms with Crippen molar-refractivity contribution in [3.8, 4) is 0 Å². The van der Waals surface area contributed by atoms with Crippen LogP contribution in [0.2, 0.25) is 0 Å². The Morgan fingerprint density at radius 3 is 2.87 bits per heavy atom. The van der Waals surface area contributed by atoms with Gasteiger partial charge in [-0.1, -0.05) is 12.8 Å². The molecule has 1 aromatic rings. The zero-order valence-corrected chi connectivity index (χ0v) is 13.7. The highest BCUT2D eigenvalue weighted by atomic mass is 16.5. The molecule has 1 N–H and O–H groups in total. The van der Waals surface area contributed by atoms with Gasteiger partial charge in [0.25, 0.3) is 0 Å². The minimum atomic E-state index is -0.243. The minimum absolute atomic E-state index is 0.0267. The first-order valence-corrected chi connectivity index (χ1v) is 8.89. The molecule has 1 spiro atoms. The third-order valence-electron chi connectivity index (χ3n) is 5.39. The largest absolute Gasteiger partial charge is 0.391 e. The molecule has 2 aliphatic heterocycles. The Morgan fingerprint density at radius 2 is 2.04 bits per heavy atom. The third-order valence-corrected chi connectivity index (χ3v) is 5.39. The van der Waals surface area contributed by atoms with Crippen molar-refractivity contribution in [1.82, 2.24) is 9.97 Å². The standard InChI is InChI=1S/C17H26N4O2/c22-14-4-3-9-20(12-14)15-5-8-18-16(19-15)21-10-11-23-17(13-21)6-1-2-7-17/h5,8,14,22H,1-4,6-7,9-13H2/t14-/m1/s1. The number of aliphatic hydroxyl groups excluding tert-OH is 1. The molecule has 1 aromatic heterocycles. The van der Waals surface area contributed by atoms with Gasteiger partial charge in [0.2, 0.25) is 5.95 Å². The highest BCUT2D eigenvalue weighted by molar-refractivity contribution is 5.44. The Morgan fingerprint density at radius 1 is 1.17 bits per heavy atom. The molecule has 0 radical (unpaired) electrons. The van der Waals surface area contributed by atoms with Crippen molar-refractivity contribution in [1.29, 1.82) is 0 Å². The van der Waals surface area contributed by atoms with Gasteiger partial charge in [0.05, 0.1) is 18.3 Å². The highest BCUT2D eigenvalue weighted by Gasteiger charge is 2.40. The van der Waals surface area contributed by atoms with Crippen molar-refractivity contribution < 1.29 is 9.84 Å². The van der Waals surface area contributed by atoms with Gasteiger partial charge in [-0.2, -0.15) is 4.98 Å². The molecule has 6 nitrogen and oxygen atoms in total. The lowest BCUT2D eigenvalue weighted by atomic mass is 10.00. The first-order valence-electron chi connectivity index (χ1n) is 8.89. The molecule has 3 fully saturated rings. The van der Waals surface area contributed by atoms with Crippen molar-refractivity contribution in [2.75, 3.05) is 42.6 Å². The van der Waals surface area contributed by atoms with Gasteiger partial charge >= 0.3 is 0 Å². The molecule has 126 valence electrons. The number of β-amino-alcohol motifs (C(OH)–C–C–N with tert-alkyl or cyclic N) is 1. The Labute approximate surface area is 137 Å². The van der Waals surface area contributed by atoms with E-state index >= 15 is 0 Å². The predicted octanol–water partition coefficient (Wildman–Crippen LogP) is 1.59. The topological polar surface area (TPSA) is 61.7 Å². The van der Waals surface area contributed by atoms with E-state index in [4.69, 9.17) is 9.72 Å². The molecule has 1 saturated carbocycles. The van der Waals surface area contributed by atoms with Crippen molar-refractivity contribution in [2.45, 2.75) is 50.2 Å². The molecule has 23 heavy (non-hydrogen) atoms. The molecule has 3 heterocycles. The van der Waals surface area contributed by atoms with Crippen LogP contribution in [0.5, 0.6) is 0 Å². The number of rotatable bonds is 2.